The number of hydrogen-bond donors (Lipinski definition) is 0. The molecule has 1 atom stereocenters. The molecule has 2 nitrogen and oxygen atoms in total. The minimum atomic E-state index is -0.370. The van der Waals surface area contributed by atoms with Crippen molar-refractivity contribution in [2.24, 2.45) is 0 Å². The standard InChI is InChI=1S/C10H10BrClO2/c1-6(13)9(11)7-4-3-5-8(14-2)10(7)12/h3-5,9H,1-2H3. The Morgan fingerprint density at radius 3 is 2.71 bits per heavy atom. The molecule has 76 valence electrons. The summed E-state index contributed by atoms with van der Waals surface area (Å²) in [4.78, 5) is 10.8. The molecule has 1 aromatic carbocycles. The fourth-order valence-corrected chi connectivity index (χ4v) is 1.93. The summed E-state index contributed by atoms with van der Waals surface area (Å²) in [5.41, 5.74) is 0.735. The van der Waals surface area contributed by atoms with Crippen molar-refractivity contribution >= 4 is 33.3 Å². The number of halogens is 2. The second kappa shape index (κ2) is 4.80. The monoisotopic (exact) mass is 276 g/mol. The van der Waals surface area contributed by atoms with Crippen LogP contribution in [0, 0.1) is 0 Å². The highest BCUT2D eigenvalue weighted by molar-refractivity contribution is 9.09. The van der Waals surface area contributed by atoms with Gasteiger partial charge < -0.3 is 4.74 Å². The molecule has 0 saturated carbocycles. The molecule has 0 radical (unpaired) electrons. The van der Waals surface area contributed by atoms with E-state index in [2.05, 4.69) is 15.9 Å². The molecule has 0 heterocycles. The molecule has 0 amide bonds. The van der Waals surface area contributed by atoms with Crippen LogP contribution in [-0.2, 0) is 4.79 Å². The Morgan fingerprint density at radius 2 is 2.21 bits per heavy atom. The molecule has 1 unspecified atom stereocenters. The Morgan fingerprint density at radius 1 is 1.57 bits per heavy atom. The maximum absolute atomic E-state index is 11.1. The number of rotatable bonds is 3. The van der Waals surface area contributed by atoms with Gasteiger partial charge in [0.1, 0.15) is 11.5 Å². The first-order valence-corrected chi connectivity index (χ1v) is 5.34. The third kappa shape index (κ3) is 2.28. The summed E-state index contributed by atoms with van der Waals surface area (Å²) in [7, 11) is 1.54. The molecule has 0 spiro atoms. The second-order valence-corrected chi connectivity index (χ2v) is 4.13. The lowest BCUT2D eigenvalue weighted by atomic mass is 10.1. The zero-order valence-corrected chi connectivity index (χ0v) is 10.2. The summed E-state index contributed by atoms with van der Waals surface area (Å²) in [6.07, 6.45) is 0. The van der Waals surface area contributed by atoms with Gasteiger partial charge >= 0.3 is 0 Å². The number of carbonyl (C=O) groups is 1. The molecule has 0 bridgehead atoms. The molecule has 0 aliphatic rings. The van der Waals surface area contributed by atoms with Crippen molar-refractivity contribution in [1.29, 1.82) is 0 Å². The Balaban J connectivity index is 3.15. The summed E-state index contributed by atoms with van der Waals surface area (Å²) in [6, 6.07) is 5.36. The number of methoxy groups -OCH3 is 1. The van der Waals surface area contributed by atoms with E-state index in [4.69, 9.17) is 16.3 Å². The van der Waals surface area contributed by atoms with Crippen LogP contribution in [0.3, 0.4) is 0 Å². The van der Waals surface area contributed by atoms with E-state index in [0.717, 1.165) is 5.56 Å². The van der Waals surface area contributed by atoms with Crippen molar-refractivity contribution in [3.05, 3.63) is 28.8 Å². The van der Waals surface area contributed by atoms with Crippen LogP contribution in [-0.4, -0.2) is 12.9 Å². The average Bonchev–Trinajstić information content (AvgIpc) is 2.17. The fourth-order valence-electron chi connectivity index (χ4n) is 1.10. The van der Waals surface area contributed by atoms with Gasteiger partial charge in [0.05, 0.1) is 17.0 Å². The summed E-state index contributed by atoms with van der Waals surface area (Å²) < 4.78 is 5.05. The van der Waals surface area contributed by atoms with Crippen LogP contribution in [0.15, 0.2) is 18.2 Å². The molecule has 0 aliphatic heterocycles. The number of hydrogen-bond acceptors (Lipinski definition) is 2. The summed E-state index contributed by atoms with van der Waals surface area (Å²) >= 11 is 9.32. The quantitative estimate of drug-likeness (QED) is 0.792. The molecule has 0 N–H and O–H groups in total. The van der Waals surface area contributed by atoms with Gasteiger partial charge in [0.2, 0.25) is 0 Å². The summed E-state index contributed by atoms with van der Waals surface area (Å²) in [5.74, 6) is 0.593. The molecule has 0 fully saturated rings. The van der Waals surface area contributed by atoms with Crippen LogP contribution >= 0.6 is 27.5 Å². The zero-order chi connectivity index (χ0) is 10.7. The number of carbonyl (C=O) groups excluding carboxylic acids is 1. The number of ketones is 1. The first-order chi connectivity index (χ1) is 6.57. The van der Waals surface area contributed by atoms with Gasteiger partial charge in [-0.15, -0.1) is 0 Å². The van der Waals surface area contributed by atoms with Crippen molar-refractivity contribution in [2.75, 3.05) is 7.11 Å². The van der Waals surface area contributed by atoms with Crippen LogP contribution in [0.1, 0.15) is 17.3 Å². The van der Waals surface area contributed by atoms with E-state index < -0.39 is 0 Å². The zero-order valence-electron chi connectivity index (χ0n) is 7.88. The minimum absolute atomic E-state index is 0.0140. The van der Waals surface area contributed by atoms with E-state index in [0.29, 0.717) is 10.8 Å². The Hall–Kier alpha value is -0.540. The third-order valence-corrected chi connectivity index (χ3v) is 3.39. The van der Waals surface area contributed by atoms with Crippen molar-refractivity contribution in [1.82, 2.24) is 0 Å². The highest BCUT2D eigenvalue weighted by Gasteiger charge is 2.17. The molecule has 14 heavy (non-hydrogen) atoms. The van der Waals surface area contributed by atoms with Gasteiger partial charge in [0.15, 0.2) is 0 Å². The van der Waals surface area contributed by atoms with E-state index in [-0.39, 0.29) is 10.6 Å². The lowest BCUT2D eigenvalue weighted by Gasteiger charge is -2.11. The lowest BCUT2D eigenvalue weighted by molar-refractivity contribution is -0.116. The number of alkyl halides is 1. The largest absolute Gasteiger partial charge is 0.495 e. The predicted molar refractivity (Wildman–Crippen MR) is 60.4 cm³/mol. The predicted octanol–water partition coefficient (Wildman–Crippen LogP) is 3.37. The molecule has 0 aliphatic carbocycles. The highest BCUT2D eigenvalue weighted by atomic mass is 79.9. The van der Waals surface area contributed by atoms with Crippen molar-refractivity contribution in [3.8, 4) is 5.75 Å². The first-order valence-electron chi connectivity index (χ1n) is 4.05. The summed E-state index contributed by atoms with van der Waals surface area (Å²) in [5, 5.41) is 0.479. The maximum Gasteiger partial charge on any atom is 0.147 e. The van der Waals surface area contributed by atoms with E-state index in [1.807, 2.05) is 0 Å². The SMILES string of the molecule is COc1cccc(C(Br)C(C)=O)c1Cl. The minimum Gasteiger partial charge on any atom is -0.495 e. The van der Waals surface area contributed by atoms with Crippen molar-refractivity contribution < 1.29 is 9.53 Å². The van der Waals surface area contributed by atoms with Crippen molar-refractivity contribution in [3.63, 3.8) is 0 Å². The Labute approximate surface area is 96.3 Å². The summed E-state index contributed by atoms with van der Waals surface area (Å²) in [6.45, 7) is 1.51. The van der Waals surface area contributed by atoms with Crippen molar-refractivity contribution in [2.45, 2.75) is 11.8 Å². The fraction of sp³-hybridized carbons (Fsp3) is 0.300. The molecule has 1 rings (SSSR count). The van der Waals surface area contributed by atoms with E-state index in [1.54, 1.807) is 25.3 Å². The third-order valence-electron chi connectivity index (χ3n) is 1.84. The van der Waals surface area contributed by atoms with Gasteiger partial charge in [-0.3, -0.25) is 4.79 Å². The average molecular weight is 278 g/mol. The topological polar surface area (TPSA) is 26.3 Å². The number of ether oxygens (including phenoxy) is 1. The molecular weight excluding hydrogens is 267 g/mol. The van der Waals surface area contributed by atoms with Crippen LogP contribution < -0.4 is 4.74 Å². The maximum atomic E-state index is 11.1. The van der Waals surface area contributed by atoms with Gasteiger partial charge in [-0.1, -0.05) is 39.7 Å². The molecular formula is C10H10BrClO2. The Bertz CT molecular complexity index is 352. The molecule has 4 heteroatoms. The van der Waals surface area contributed by atoms with E-state index in [1.165, 1.54) is 6.92 Å². The smallest absolute Gasteiger partial charge is 0.147 e. The first kappa shape index (κ1) is 11.5. The van der Waals surface area contributed by atoms with Gasteiger partial charge in [0, 0.05) is 0 Å². The number of benzene rings is 1. The van der Waals surface area contributed by atoms with Crippen LogP contribution in [0.2, 0.25) is 5.02 Å². The van der Waals surface area contributed by atoms with E-state index in [9.17, 15) is 4.79 Å². The molecule has 1 aromatic rings. The second-order valence-electron chi connectivity index (χ2n) is 2.84. The number of Topliss-reactive ketones (excluding diaryl/α,β-unsaturated/α-hetero) is 1. The molecule has 0 saturated heterocycles. The normalized spacial score (nSPS) is 12.3. The van der Waals surface area contributed by atoms with Gasteiger partial charge in [-0.05, 0) is 18.6 Å². The van der Waals surface area contributed by atoms with Crippen LogP contribution in [0.4, 0.5) is 0 Å². The van der Waals surface area contributed by atoms with Gasteiger partial charge in [-0.2, -0.15) is 0 Å². The highest BCUT2D eigenvalue weighted by Crippen LogP contribution is 2.35. The van der Waals surface area contributed by atoms with Gasteiger partial charge in [-0.25, -0.2) is 0 Å². The Kier molecular flexibility index (Phi) is 3.96. The lowest BCUT2D eigenvalue weighted by Crippen LogP contribution is -2.02. The van der Waals surface area contributed by atoms with Crippen LogP contribution in [0.5, 0.6) is 5.75 Å². The van der Waals surface area contributed by atoms with Gasteiger partial charge in [0.25, 0.3) is 0 Å². The van der Waals surface area contributed by atoms with Crippen LogP contribution in [0.25, 0.3) is 0 Å². The van der Waals surface area contributed by atoms with E-state index >= 15 is 0 Å². The molecule has 0 aromatic heterocycles.